The first-order valence-electron chi connectivity index (χ1n) is 7.88. The van der Waals surface area contributed by atoms with Crippen molar-refractivity contribution >= 4 is 0 Å². The third-order valence-corrected chi connectivity index (χ3v) is 3.45. The van der Waals surface area contributed by atoms with Crippen LogP contribution in [0.2, 0.25) is 0 Å². The molecule has 0 radical (unpaired) electrons. The first-order chi connectivity index (χ1) is 11.8. The molecule has 128 valence electrons. The second-order valence-electron chi connectivity index (χ2n) is 5.20. The Hall–Kier alpha value is -2.30. The van der Waals surface area contributed by atoms with Crippen LogP contribution in [-0.2, 0) is 22.7 Å². The minimum absolute atomic E-state index is 0.567. The fourth-order valence-corrected chi connectivity index (χ4v) is 2.07. The van der Waals surface area contributed by atoms with Crippen LogP contribution in [0.4, 0.5) is 0 Å². The van der Waals surface area contributed by atoms with Crippen LogP contribution in [-0.4, -0.2) is 27.4 Å². The van der Waals surface area contributed by atoms with Gasteiger partial charge in [-0.15, -0.1) is 0 Å². The summed E-state index contributed by atoms with van der Waals surface area (Å²) >= 11 is 0. The molecule has 0 spiro atoms. The van der Waals surface area contributed by atoms with E-state index in [-0.39, 0.29) is 0 Å². The molecule has 0 unspecified atom stereocenters. The molecule has 0 aliphatic rings. The van der Waals surface area contributed by atoms with E-state index in [1.54, 1.807) is 14.2 Å². The van der Waals surface area contributed by atoms with Crippen LogP contribution in [0.15, 0.2) is 60.7 Å². The molecule has 0 fully saturated rings. The van der Waals surface area contributed by atoms with Crippen molar-refractivity contribution in [1.82, 2.24) is 0 Å². The summed E-state index contributed by atoms with van der Waals surface area (Å²) in [6.45, 7) is 2.30. The zero-order chi connectivity index (χ0) is 17.0. The molecule has 0 aromatic heterocycles. The molecule has 4 nitrogen and oxygen atoms in total. The molecule has 0 N–H and O–H groups in total. The Balaban J connectivity index is 1.55. The van der Waals surface area contributed by atoms with Crippen LogP contribution in [0.5, 0.6) is 11.5 Å². The van der Waals surface area contributed by atoms with E-state index in [0.717, 1.165) is 22.6 Å². The van der Waals surface area contributed by atoms with E-state index in [1.165, 1.54) is 0 Å². The lowest BCUT2D eigenvalue weighted by molar-refractivity contribution is 0.140. The largest absolute Gasteiger partial charge is 0.497 e. The minimum atomic E-state index is 0.567. The molecule has 0 aliphatic carbocycles. The number of benzene rings is 2. The monoisotopic (exact) mass is 328 g/mol. The molecule has 2 aromatic carbocycles. The summed E-state index contributed by atoms with van der Waals surface area (Å²) in [5.41, 5.74) is 2.25. The van der Waals surface area contributed by atoms with Gasteiger partial charge in [0.15, 0.2) is 0 Å². The predicted octanol–water partition coefficient (Wildman–Crippen LogP) is 3.99. The molecular formula is C20H24O4. The Labute approximate surface area is 143 Å². The minimum Gasteiger partial charge on any atom is -0.497 e. The highest BCUT2D eigenvalue weighted by atomic mass is 16.5. The lowest BCUT2D eigenvalue weighted by Crippen LogP contribution is -1.95. The number of ether oxygens (including phenoxy) is 4. The predicted molar refractivity (Wildman–Crippen MR) is 94.4 cm³/mol. The number of methoxy groups -OCH3 is 2. The topological polar surface area (TPSA) is 36.9 Å². The van der Waals surface area contributed by atoms with Gasteiger partial charge in [-0.3, -0.25) is 0 Å². The number of rotatable bonds is 10. The lowest BCUT2D eigenvalue weighted by Gasteiger charge is -2.04. The van der Waals surface area contributed by atoms with Gasteiger partial charge in [-0.25, -0.2) is 0 Å². The molecule has 0 aliphatic heterocycles. The van der Waals surface area contributed by atoms with E-state index in [4.69, 9.17) is 18.9 Å². The molecule has 0 saturated heterocycles. The summed E-state index contributed by atoms with van der Waals surface area (Å²) in [5.74, 6) is 1.71. The molecule has 0 saturated carbocycles. The van der Waals surface area contributed by atoms with Crippen molar-refractivity contribution in [2.75, 3.05) is 27.4 Å². The molecule has 2 aromatic rings. The molecule has 0 amide bonds. The Kier molecular flexibility index (Phi) is 7.87. The van der Waals surface area contributed by atoms with Crippen molar-refractivity contribution in [2.24, 2.45) is 0 Å². The van der Waals surface area contributed by atoms with Crippen molar-refractivity contribution in [3.63, 3.8) is 0 Å². The van der Waals surface area contributed by atoms with Crippen LogP contribution in [0, 0.1) is 0 Å². The standard InChI is InChI=1S/C20H24O4/c1-21-19-9-5-17(6-10-19)15-23-13-3-4-14-24-16-18-7-11-20(22-2)12-8-18/h3-12H,13-16H2,1-2H3/b4-3-. The fraction of sp³-hybridized carbons (Fsp3) is 0.300. The van der Waals surface area contributed by atoms with Gasteiger partial charge in [0, 0.05) is 0 Å². The molecular weight excluding hydrogens is 304 g/mol. The quantitative estimate of drug-likeness (QED) is 0.488. The van der Waals surface area contributed by atoms with Gasteiger partial charge in [-0.2, -0.15) is 0 Å². The van der Waals surface area contributed by atoms with E-state index in [1.807, 2.05) is 60.7 Å². The second-order valence-corrected chi connectivity index (χ2v) is 5.20. The lowest BCUT2D eigenvalue weighted by atomic mass is 10.2. The average Bonchev–Trinajstić information content (AvgIpc) is 2.65. The summed E-state index contributed by atoms with van der Waals surface area (Å²) < 4.78 is 21.4. The molecule has 4 heteroatoms. The van der Waals surface area contributed by atoms with Gasteiger partial charge in [-0.1, -0.05) is 36.4 Å². The first kappa shape index (κ1) is 18.0. The maximum absolute atomic E-state index is 5.59. The summed E-state index contributed by atoms with van der Waals surface area (Å²) in [5, 5.41) is 0. The molecule has 2 rings (SSSR count). The van der Waals surface area contributed by atoms with Gasteiger partial charge in [-0.05, 0) is 35.4 Å². The number of hydrogen-bond acceptors (Lipinski definition) is 4. The zero-order valence-corrected chi connectivity index (χ0v) is 14.2. The highest BCUT2D eigenvalue weighted by molar-refractivity contribution is 5.27. The molecule has 24 heavy (non-hydrogen) atoms. The SMILES string of the molecule is COc1ccc(COC/C=C\COCc2ccc(OC)cc2)cc1. The summed E-state index contributed by atoms with van der Waals surface area (Å²) in [6, 6.07) is 15.7. The average molecular weight is 328 g/mol. The first-order valence-corrected chi connectivity index (χ1v) is 7.88. The van der Waals surface area contributed by atoms with Crippen molar-refractivity contribution in [1.29, 1.82) is 0 Å². The van der Waals surface area contributed by atoms with Crippen LogP contribution in [0.1, 0.15) is 11.1 Å². The van der Waals surface area contributed by atoms with Gasteiger partial charge >= 0.3 is 0 Å². The van der Waals surface area contributed by atoms with Crippen LogP contribution >= 0.6 is 0 Å². The Morgan fingerprint density at radius 1 is 0.625 bits per heavy atom. The van der Waals surface area contributed by atoms with E-state index < -0.39 is 0 Å². The van der Waals surface area contributed by atoms with E-state index in [9.17, 15) is 0 Å². The summed E-state index contributed by atoms with van der Waals surface area (Å²) in [4.78, 5) is 0. The molecule has 0 heterocycles. The van der Waals surface area contributed by atoms with Crippen molar-refractivity contribution < 1.29 is 18.9 Å². The smallest absolute Gasteiger partial charge is 0.118 e. The normalized spacial score (nSPS) is 10.9. The zero-order valence-electron chi connectivity index (χ0n) is 14.2. The van der Waals surface area contributed by atoms with Crippen molar-refractivity contribution in [3.05, 3.63) is 71.8 Å². The van der Waals surface area contributed by atoms with Gasteiger partial charge in [0.1, 0.15) is 11.5 Å². The highest BCUT2D eigenvalue weighted by Gasteiger charge is 1.95. The fourth-order valence-electron chi connectivity index (χ4n) is 2.07. The Morgan fingerprint density at radius 3 is 1.33 bits per heavy atom. The third-order valence-electron chi connectivity index (χ3n) is 3.45. The van der Waals surface area contributed by atoms with Crippen molar-refractivity contribution in [3.8, 4) is 11.5 Å². The number of hydrogen-bond donors (Lipinski definition) is 0. The van der Waals surface area contributed by atoms with Crippen LogP contribution in [0.3, 0.4) is 0 Å². The Bertz CT molecular complexity index is 547. The van der Waals surface area contributed by atoms with Gasteiger partial charge in [0.05, 0.1) is 40.6 Å². The maximum atomic E-state index is 5.59. The van der Waals surface area contributed by atoms with Gasteiger partial charge in [0.2, 0.25) is 0 Å². The third kappa shape index (κ3) is 6.44. The van der Waals surface area contributed by atoms with E-state index in [0.29, 0.717) is 26.4 Å². The second kappa shape index (κ2) is 10.5. The highest BCUT2D eigenvalue weighted by Crippen LogP contribution is 2.12. The maximum Gasteiger partial charge on any atom is 0.118 e. The Morgan fingerprint density at radius 2 is 1.00 bits per heavy atom. The van der Waals surface area contributed by atoms with E-state index >= 15 is 0 Å². The van der Waals surface area contributed by atoms with Crippen molar-refractivity contribution in [2.45, 2.75) is 13.2 Å². The summed E-state index contributed by atoms with van der Waals surface area (Å²) in [6.07, 6.45) is 3.94. The van der Waals surface area contributed by atoms with Crippen LogP contribution in [0.25, 0.3) is 0 Å². The molecule has 0 bridgehead atoms. The van der Waals surface area contributed by atoms with E-state index in [2.05, 4.69) is 0 Å². The molecule has 0 atom stereocenters. The summed E-state index contributed by atoms with van der Waals surface area (Å²) in [7, 11) is 3.32. The van der Waals surface area contributed by atoms with Crippen LogP contribution < -0.4 is 9.47 Å². The van der Waals surface area contributed by atoms with Gasteiger partial charge < -0.3 is 18.9 Å². The van der Waals surface area contributed by atoms with Gasteiger partial charge in [0.25, 0.3) is 0 Å².